The van der Waals surface area contributed by atoms with E-state index < -0.39 is 23.9 Å². The molecular formula is C30H21Cl2NO6S. The molecule has 10 heteroatoms. The molecule has 0 saturated heterocycles. The number of anilines is 1. The van der Waals surface area contributed by atoms with Gasteiger partial charge in [0.2, 0.25) is 11.2 Å². The summed E-state index contributed by atoms with van der Waals surface area (Å²) in [6, 6.07) is 22.5. The zero-order valence-electron chi connectivity index (χ0n) is 21.0. The van der Waals surface area contributed by atoms with E-state index in [9.17, 15) is 14.4 Å². The summed E-state index contributed by atoms with van der Waals surface area (Å²) in [7, 11) is 0. The average Bonchev–Trinajstić information content (AvgIpc) is 3.37. The molecular weight excluding hydrogens is 573 g/mol. The Morgan fingerprint density at radius 2 is 1.65 bits per heavy atom. The summed E-state index contributed by atoms with van der Waals surface area (Å²) in [6.45, 7) is 1.36. The van der Waals surface area contributed by atoms with Gasteiger partial charge in [0.1, 0.15) is 10.6 Å². The van der Waals surface area contributed by atoms with Crippen molar-refractivity contribution in [3.05, 3.63) is 105 Å². The van der Waals surface area contributed by atoms with Gasteiger partial charge in [0.15, 0.2) is 12.4 Å². The highest BCUT2D eigenvalue weighted by molar-refractivity contribution is 7.20. The van der Waals surface area contributed by atoms with Crippen molar-refractivity contribution >= 4 is 62.4 Å². The van der Waals surface area contributed by atoms with Crippen LogP contribution in [0.1, 0.15) is 17.3 Å². The Bertz CT molecular complexity index is 1760. The smallest absolute Gasteiger partial charge is 0.341 e. The predicted molar refractivity (Wildman–Crippen MR) is 158 cm³/mol. The van der Waals surface area contributed by atoms with Gasteiger partial charge in [-0.25, -0.2) is 4.79 Å². The summed E-state index contributed by atoms with van der Waals surface area (Å²) in [5.41, 5.74) is 1.46. The third kappa shape index (κ3) is 5.89. The van der Waals surface area contributed by atoms with E-state index in [1.807, 2.05) is 30.3 Å². The highest BCUT2D eigenvalue weighted by Crippen LogP contribution is 2.36. The van der Waals surface area contributed by atoms with Gasteiger partial charge in [0.25, 0.3) is 5.91 Å². The number of nitrogens with one attached hydrogen (secondary N) is 1. The highest BCUT2D eigenvalue weighted by atomic mass is 35.5. The van der Waals surface area contributed by atoms with Gasteiger partial charge in [-0.15, -0.1) is 11.3 Å². The van der Waals surface area contributed by atoms with Crippen LogP contribution < -0.4 is 15.5 Å². The summed E-state index contributed by atoms with van der Waals surface area (Å²) >= 11 is 13.4. The first-order valence-corrected chi connectivity index (χ1v) is 13.7. The number of amides is 1. The van der Waals surface area contributed by atoms with E-state index in [0.29, 0.717) is 26.2 Å². The number of carbonyl (C=O) groups is 2. The minimum absolute atomic E-state index is 0.138. The van der Waals surface area contributed by atoms with Crippen LogP contribution >= 0.6 is 34.5 Å². The number of benzene rings is 3. The van der Waals surface area contributed by atoms with Crippen LogP contribution in [0, 0.1) is 0 Å². The second-order valence-corrected chi connectivity index (χ2v) is 10.4. The molecule has 0 fully saturated rings. The van der Waals surface area contributed by atoms with E-state index in [2.05, 4.69) is 5.32 Å². The van der Waals surface area contributed by atoms with Crippen molar-refractivity contribution in [3.8, 4) is 27.5 Å². The van der Waals surface area contributed by atoms with Crippen LogP contribution in [0.3, 0.4) is 0 Å². The van der Waals surface area contributed by atoms with Crippen LogP contribution in [0.5, 0.6) is 5.75 Å². The van der Waals surface area contributed by atoms with Crippen molar-refractivity contribution in [2.24, 2.45) is 0 Å². The topological polar surface area (TPSA) is 94.8 Å². The molecule has 0 unspecified atom stereocenters. The van der Waals surface area contributed by atoms with E-state index in [1.54, 1.807) is 49.4 Å². The van der Waals surface area contributed by atoms with Gasteiger partial charge in [-0.1, -0.05) is 53.5 Å². The zero-order valence-corrected chi connectivity index (χ0v) is 23.4. The van der Waals surface area contributed by atoms with Crippen molar-refractivity contribution in [3.63, 3.8) is 0 Å². The van der Waals surface area contributed by atoms with Crippen LogP contribution in [0.2, 0.25) is 10.0 Å². The molecule has 202 valence electrons. The molecule has 2 aromatic heterocycles. The minimum Gasteiger partial charge on any atom is -0.476 e. The largest absolute Gasteiger partial charge is 0.476 e. The maximum Gasteiger partial charge on any atom is 0.341 e. The summed E-state index contributed by atoms with van der Waals surface area (Å²) in [5.74, 6) is -1.16. The zero-order chi connectivity index (χ0) is 28.2. The number of hydrogen-bond acceptors (Lipinski definition) is 7. The predicted octanol–water partition coefficient (Wildman–Crippen LogP) is 7.69. The molecule has 5 rings (SSSR count). The number of carbonyl (C=O) groups excluding carboxylic acids is 2. The monoisotopic (exact) mass is 593 g/mol. The molecule has 2 heterocycles. The SMILES string of the molecule is CCOC(=O)c1cc(-c2ccccc2)sc1NC(=O)COc1c(-c2ccc(Cl)cc2)oc2ccc(Cl)cc2c1=O. The first-order chi connectivity index (χ1) is 19.3. The Kier molecular flexibility index (Phi) is 8.21. The van der Waals surface area contributed by atoms with Gasteiger partial charge in [0.05, 0.1) is 17.6 Å². The summed E-state index contributed by atoms with van der Waals surface area (Å²) < 4.78 is 17.0. The van der Waals surface area contributed by atoms with Gasteiger partial charge in [-0.05, 0) is 61.0 Å². The molecule has 1 amide bonds. The maximum atomic E-state index is 13.4. The molecule has 0 aliphatic rings. The fraction of sp³-hybridized carbons (Fsp3) is 0.100. The second-order valence-electron chi connectivity index (χ2n) is 8.51. The number of halogens is 2. The number of hydrogen-bond donors (Lipinski definition) is 1. The Labute approximate surface area is 242 Å². The standard InChI is InChI=1S/C30H21Cl2NO6S/c1-2-37-30(36)22-15-24(17-6-4-3-5-7-17)40-29(22)33-25(34)16-38-28-26(35)21-14-20(32)12-13-23(21)39-27(28)18-8-10-19(31)11-9-18/h3-15H,2,16H2,1H3,(H,33,34). The molecule has 0 spiro atoms. The van der Waals surface area contributed by atoms with Crippen molar-refractivity contribution in [1.29, 1.82) is 0 Å². The van der Waals surface area contributed by atoms with E-state index in [4.69, 9.17) is 37.1 Å². The molecule has 5 aromatic rings. The highest BCUT2D eigenvalue weighted by Gasteiger charge is 2.22. The lowest BCUT2D eigenvalue weighted by molar-refractivity contribution is -0.118. The third-order valence-electron chi connectivity index (χ3n) is 5.80. The molecule has 0 atom stereocenters. The Balaban J connectivity index is 1.45. The van der Waals surface area contributed by atoms with E-state index in [1.165, 1.54) is 17.4 Å². The van der Waals surface area contributed by atoms with Gasteiger partial charge in [-0.3, -0.25) is 9.59 Å². The first kappa shape index (κ1) is 27.5. The Hall–Kier alpha value is -4.11. The summed E-state index contributed by atoms with van der Waals surface area (Å²) in [5, 5.41) is 4.09. The van der Waals surface area contributed by atoms with E-state index in [0.717, 1.165) is 10.4 Å². The van der Waals surface area contributed by atoms with Crippen molar-refractivity contribution in [2.45, 2.75) is 6.92 Å². The van der Waals surface area contributed by atoms with Crippen LogP contribution in [0.4, 0.5) is 5.00 Å². The Morgan fingerprint density at radius 3 is 2.38 bits per heavy atom. The lowest BCUT2D eigenvalue weighted by atomic mass is 10.1. The molecule has 0 saturated carbocycles. The fourth-order valence-corrected chi connectivity index (χ4v) is 5.33. The first-order valence-electron chi connectivity index (χ1n) is 12.2. The molecule has 1 N–H and O–H groups in total. The van der Waals surface area contributed by atoms with E-state index in [-0.39, 0.29) is 29.1 Å². The van der Waals surface area contributed by atoms with Gasteiger partial charge >= 0.3 is 5.97 Å². The number of ether oxygens (including phenoxy) is 2. The van der Waals surface area contributed by atoms with Crippen LogP contribution in [0.15, 0.2) is 88.1 Å². The molecule has 7 nitrogen and oxygen atoms in total. The van der Waals surface area contributed by atoms with Crippen molar-refractivity contribution in [1.82, 2.24) is 0 Å². The van der Waals surface area contributed by atoms with Gasteiger partial charge in [0, 0.05) is 20.5 Å². The number of fused-ring (bicyclic) bond motifs is 1. The molecule has 40 heavy (non-hydrogen) atoms. The van der Waals surface area contributed by atoms with Gasteiger partial charge < -0.3 is 19.2 Å². The van der Waals surface area contributed by atoms with Crippen LogP contribution in [0.25, 0.3) is 32.7 Å². The maximum absolute atomic E-state index is 13.4. The fourth-order valence-electron chi connectivity index (χ4n) is 3.96. The molecule has 0 bridgehead atoms. The van der Waals surface area contributed by atoms with E-state index >= 15 is 0 Å². The number of rotatable bonds is 8. The quantitative estimate of drug-likeness (QED) is 0.185. The van der Waals surface area contributed by atoms with Crippen molar-refractivity contribution < 1.29 is 23.5 Å². The summed E-state index contributed by atoms with van der Waals surface area (Å²) in [6.07, 6.45) is 0. The average molecular weight is 594 g/mol. The minimum atomic E-state index is -0.584. The van der Waals surface area contributed by atoms with Crippen LogP contribution in [-0.4, -0.2) is 25.1 Å². The normalized spacial score (nSPS) is 10.9. The molecule has 0 aliphatic carbocycles. The number of esters is 1. The summed E-state index contributed by atoms with van der Waals surface area (Å²) in [4.78, 5) is 39.9. The second kappa shape index (κ2) is 12.0. The van der Waals surface area contributed by atoms with Crippen molar-refractivity contribution in [2.75, 3.05) is 18.5 Å². The lowest BCUT2D eigenvalue weighted by Gasteiger charge is -2.12. The van der Waals surface area contributed by atoms with Gasteiger partial charge in [-0.2, -0.15) is 0 Å². The molecule has 0 aliphatic heterocycles. The third-order valence-corrected chi connectivity index (χ3v) is 7.39. The molecule has 0 radical (unpaired) electrons. The van der Waals surface area contributed by atoms with Crippen LogP contribution in [-0.2, 0) is 9.53 Å². The lowest BCUT2D eigenvalue weighted by Crippen LogP contribution is -2.23. The Morgan fingerprint density at radius 1 is 0.925 bits per heavy atom. The number of thiophene rings is 1. The molecule has 3 aromatic carbocycles.